The zero-order chi connectivity index (χ0) is 23.3. The van der Waals surface area contributed by atoms with E-state index in [9.17, 15) is 24.0 Å². The van der Waals surface area contributed by atoms with Crippen molar-refractivity contribution < 1.29 is 34.2 Å². The van der Waals surface area contributed by atoms with Gasteiger partial charge in [-0.05, 0) is 30.8 Å². The first kappa shape index (κ1) is 27.7. The fourth-order valence-electron chi connectivity index (χ4n) is 2.39. The lowest BCUT2D eigenvalue weighted by atomic mass is 9.97. The molecule has 0 saturated heterocycles. The molecule has 0 aromatic heterocycles. The topological polar surface area (TPSA) is 188 Å². The summed E-state index contributed by atoms with van der Waals surface area (Å²) in [5.41, 5.74) is 5.83. The third kappa shape index (κ3) is 11.0. The van der Waals surface area contributed by atoms with Gasteiger partial charge >= 0.3 is 11.9 Å². The molecule has 12 heteroatoms. The van der Waals surface area contributed by atoms with E-state index in [4.69, 9.17) is 15.9 Å². The maximum Gasteiger partial charge on any atom is 0.326 e. The van der Waals surface area contributed by atoms with Crippen LogP contribution in [0.5, 0.6) is 0 Å². The van der Waals surface area contributed by atoms with Crippen molar-refractivity contribution in [3.8, 4) is 0 Å². The number of nitrogens with one attached hydrogen (secondary N) is 3. The van der Waals surface area contributed by atoms with Gasteiger partial charge in [-0.2, -0.15) is 11.8 Å². The van der Waals surface area contributed by atoms with E-state index in [1.807, 2.05) is 13.2 Å². The summed E-state index contributed by atoms with van der Waals surface area (Å²) >= 11 is 1.55. The van der Waals surface area contributed by atoms with E-state index in [2.05, 4.69) is 16.0 Å². The molecular formula is C18H32N4O7S. The van der Waals surface area contributed by atoms with Crippen LogP contribution < -0.4 is 21.7 Å². The average molecular weight is 449 g/mol. The summed E-state index contributed by atoms with van der Waals surface area (Å²) in [5, 5.41) is 24.9. The van der Waals surface area contributed by atoms with Gasteiger partial charge in [0.05, 0.1) is 12.6 Å². The highest BCUT2D eigenvalue weighted by molar-refractivity contribution is 7.98. The summed E-state index contributed by atoms with van der Waals surface area (Å²) in [4.78, 5) is 58.4. The second-order valence-electron chi connectivity index (χ2n) is 6.87. The highest BCUT2D eigenvalue weighted by Crippen LogP contribution is 2.09. The van der Waals surface area contributed by atoms with Crippen LogP contribution in [0.4, 0.5) is 0 Å². The Balaban J connectivity index is 4.84. The van der Waals surface area contributed by atoms with Crippen LogP contribution in [0.3, 0.4) is 0 Å². The molecule has 0 aliphatic carbocycles. The summed E-state index contributed by atoms with van der Waals surface area (Å²) in [7, 11) is 0. The van der Waals surface area contributed by atoms with Gasteiger partial charge in [-0.15, -0.1) is 0 Å². The fraction of sp³-hybridized carbons (Fsp3) is 0.722. The maximum atomic E-state index is 12.5. The lowest BCUT2D eigenvalue weighted by Gasteiger charge is -2.25. The number of hydrogen-bond donors (Lipinski definition) is 6. The number of aliphatic carboxylic acids is 2. The van der Waals surface area contributed by atoms with E-state index in [0.717, 1.165) is 0 Å². The van der Waals surface area contributed by atoms with Gasteiger partial charge in [0, 0.05) is 6.42 Å². The van der Waals surface area contributed by atoms with E-state index in [-0.39, 0.29) is 12.3 Å². The van der Waals surface area contributed by atoms with Gasteiger partial charge in [-0.25, -0.2) is 4.79 Å². The minimum Gasteiger partial charge on any atom is -0.481 e. The molecule has 0 fully saturated rings. The lowest BCUT2D eigenvalue weighted by molar-refractivity contribution is -0.143. The van der Waals surface area contributed by atoms with Crippen molar-refractivity contribution in [2.24, 2.45) is 11.7 Å². The van der Waals surface area contributed by atoms with E-state index < -0.39 is 60.8 Å². The van der Waals surface area contributed by atoms with Gasteiger partial charge in [0.15, 0.2) is 0 Å². The van der Waals surface area contributed by atoms with Gasteiger partial charge in [0.2, 0.25) is 17.7 Å². The number of carboxylic acid groups (broad SMARTS) is 2. The summed E-state index contributed by atoms with van der Waals surface area (Å²) in [6, 6.07) is -3.05. The molecular weight excluding hydrogens is 416 g/mol. The molecule has 0 aliphatic rings. The predicted molar refractivity (Wildman–Crippen MR) is 112 cm³/mol. The van der Waals surface area contributed by atoms with Gasteiger partial charge in [0.1, 0.15) is 12.1 Å². The number of rotatable bonds is 15. The number of hydrogen-bond acceptors (Lipinski definition) is 7. The van der Waals surface area contributed by atoms with Gasteiger partial charge in [-0.1, -0.05) is 20.3 Å². The molecule has 7 N–H and O–H groups in total. The molecule has 0 aromatic rings. The molecule has 0 heterocycles. The molecule has 0 spiro atoms. The van der Waals surface area contributed by atoms with Crippen LogP contribution in [0, 0.1) is 5.92 Å². The highest BCUT2D eigenvalue weighted by Gasteiger charge is 2.28. The summed E-state index contributed by atoms with van der Waals surface area (Å²) in [5.74, 6) is -3.94. The van der Waals surface area contributed by atoms with Crippen LogP contribution >= 0.6 is 11.8 Å². The number of carbonyl (C=O) groups excluding carboxylic acids is 3. The molecule has 4 atom stereocenters. The van der Waals surface area contributed by atoms with Gasteiger partial charge < -0.3 is 31.9 Å². The Morgan fingerprint density at radius 3 is 2.17 bits per heavy atom. The summed E-state index contributed by atoms with van der Waals surface area (Å²) in [6.45, 7) is 3.10. The van der Waals surface area contributed by atoms with Crippen molar-refractivity contribution in [1.29, 1.82) is 0 Å². The van der Waals surface area contributed by atoms with Crippen molar-refractivity contribution >= 4 is 41.4 Å². The summed E-state index contributed by atoms with van der Waals surface area (Å²) in [6.07, 6.45) is 2.21. The Labute approximate surface area is 179 Å². The van der Waals surface area contributed by atoms with Gasteiger partial charge in [-0.3, -0.25) is 19.2 Å². The van der Waals surface area contributed by atoms with Crippen LogP contribution in [-0.4, -0.2) is 76.6 Å². The smallest absolute Gasteiger partial charge is 0.326 e. The van der Waals surface area contributed by atoms with Crippen molar-refractivity contribution in [3.63, 3.8) is 0 Å². The predicted octanol–water partition coefficient (Wildman–Crippen LogP) is -0.852. The van der Waals surface area contributed by atoms with Crippen LogP contribution in [0.1, 0.15) is 39.5 Å². The Morgan fingerprint density at radius 2 is 1.67 bits per heavy atom. The Morgan fingerprint density at radius 1 is 1.03 bits per heavy atom. The molecule has 11 nitrogen and oxygen atoms in total. The van der Waals surface area contributed by atoms with Crippen molar-refractivity contribution in [3.05, 3.63) is 0 Å². The van der Waals surface area contributed by atoms with Gasteiger partial charge in [0.25, 0.3) is 0 Å². The van der Waals surface area contributed by atoms with Crippen LogP contribution in [-0.2, 0) is 24.0 Å². The van der Waals surface area contributed by atoms with Crippen LogP contribution in [0.2, 0.25) is 0 Å². The number of thioether (sulfide) groups is 1. The molecule has 172 valence electrons. The molecule has 0 radical (unpaired) electrons. The number of nitrogens with two attached hydrogens (primary N) is 1. The molecule has 0 bridgehead atoms. The molecule has 0 rings (SSSR count). The molecule has 0 saturated carbocycles. The largest absolute Gasteiger partial charge is 0.481 e. The highest BCUT2D eigenvalue weighted by atomic mass is 32.2. The third-order valence-corrected chi connectivity index (χ3v) is 5.11. The summed E-state index contributed by atoms with van der Waals surface area (Å²) < 4.78 is 0. The van der Waals surface area contributed by atoms with Crippen molar-refractivity contribution in [2.75, 3.05) is 18.6 Å². The Hall–Kier alpha value is -2.34. The molecule has 4 unspecified atom stereocenters. The molecule has 0 aromatic carbocycles. The zero-order valence-corrected chi connectivity index (χ0v) is 18.3. The lowest BCUT2D eigenvalue weighted by Crippen LogP contribution is -2.55. The van der Waals surface area contributed by atoms with E-state index in [0.29, 0.717) is 18.6 Å². The second-order valence-corrected chi connectivity index (χ2v) is 7.85. The quantitative estimate of drug-likeness (QED) is 0.185. The molecule has 0 aliphatic heterocycles. The van der Waals surface area contributed by atoms with E-state index >= 15 is 0 Å². The van der Waals surface area contributed by atoms with E-state index in [1.54, 1.807) is 18.7 Å². The normalized spacial score (nSPS) is 14.7. The molecule has 3 amide bonds. The Bertz CT molecular complexity index is 617. The first-order chi connectivity index (χ1) is 14.0. The Kier molecular flexibility index (Phi) is 13.5. The van der Waals surface area contributed by atoms with Crippen molar-refractivity contribution in [2.45, 2.75) is 57.7 Å². The number of amides is 3. The van der Waals surface area contributed by atoms with Crippen LogP contribution in [0.25, 0.3) is 0 Å². The first-order valence-electron chi connectivity index (χ1n) is 9.59. The second kappa shape index (κ2) is 14.6. The standard InChI is InChI=1S/C18H32N4O7S/c1-4-10(2)15(22-16(26)11(19)7-8-30-3)17(27)20-9-13(23)21-12(18(28)29)5-6-14(24)25/h10-12,15H,4-9,19H2,1-3H3,(H,20,27)(H,21,23)(H,22,26)(H,24,25)(H,28,29). The SMILES string of the molecule is CCC(C)C(NC(=O)C(N)CCSC)C(=O)NCC(=O)NC(CCC(=O)O)C(=O)O. The van der Waals surface area contributed by atoms with Crippen molar-refractivity contribution in [1.82, 2.24) is 16.0 Å². The maximum absolute atomic E-state index is 12.5. The monoisotopic (exact) mass is 448 g/mol. The van der Waals surface area contributed by atoms with E-state index in [1.165, 1.54) is 0 Å². The first-order valence-corrected chi connectivity index (χ1v) is 11.0. The van der Waals surface area contributed by atoms with Crippen LogP contribution in [0.15, 0.2) is 0 Å². The molecule has 30 heavy (non-hydrogen) atoms. The minimum absolute atomic E-state index is 0.230. The zero-order valence-electron chi connectivity index (χ0n) is 17.5. The fourth-order valence-corrected chi connectivity index (χ4v) is 2.88. The minimum atomic E-state index is -1.38. The number of carbonyl (C=O) groups is 5. The number of carboxylic acids is 2. The third-order valence-electron chi connectivity index (χ3n) is 4.47. The average Bonchev–Trinajstić information content (AvgIpc) is 2.69.